The first-order valence-corrected chi connectivity index (χ1v) is 8.61. The summed E-state index contributed by atoms with van der Waals surface area (Å²) in [6.07, 6.45) is 2.53. The number of rotatable bonds is 6. The molecule has 2 heterocycles. The fourth-order valence-electron chi connectivity index (χ4n) is 3.15. The molecule has 0 bridgehead atoms. The minimum Gasteiger partial charge on any atom is -0.460 e. The van der Waals surface area contributed by atoms with Gasteiger partial charge in [0.25, 0.3) is 5.91 Å². The Hall–Kier alpha value is -2.27. The van der Waals surface area contributed by atoms with Gasteiger partial charge in [-0.25, -0.2) is 0 Å². The number of carbonyl (C=O) groups is 1. The standard InChI is InChI=1S/C19H25N3O2/c1-15-5-10-18(24-15)13-21(2)14-19(23)20-16-6-8-17(9-7-16)22-11-3-4-12-22/h5-10H,3-4,11-14H2,1-2H3,(H,20,23)/p+1. The van der Waals surface area contributed by atoms with Gasteiger partial charge in [0.1, 0.15) is 12.3 Å². The van der Waals surface area contributed by atoms with E-state index in [0.717, 1.165) is 35.2 Å². The third kappa shape index (κ3) is 4.38. The molecule has 24 heavy (non-hydrogen) atoms. The molecule has 1 atom stereocenters. The monoisotopic (exact) mass is 328 g/mol. The van der Waals surface area contributed by atoms with Crippen molar-refractivity contribution in [2.45, 2.75) is 26.3 Å². The van der Waals surface area contributed by atoms with E-state index in [4.69, 9.17) is 4.42 Å². The van der Waals surface area contributed by atoms with E-state index in [1.54, 1.807) is 0 Å². The Kier molecular flexibility index (Phi) is 5.20. The number of carbonyl (C=O) groups excluding carboxylic acids is 1. The molecule has 3 rings (SSSR count). The number of nitrogens with zero attached hydrogens (tertiary/aromatic N) is 1. The predicted molar refractivity (Wildman–Crippen MR) is 95.4 cm³/mol. The number of furan rings is 1. The Labute approximate surface area is 143 Å². The second-order valence-electron chi connectivity index (χ2n) is 6.61. The van der Waals surface area contributed by atoms with E-state index in [9.17, 15) is 4.79 Å². The molecule has 1 aliphatic heterocycles. The normalized spacial score (nSPS) is 15.5. The summed E-state index contributed by atoms with van der Waals surface area (Å²) in [5, 5.41) is 2.97. The molecule has 2 aromatic rings. The average Bonchev–Trinajstić information content (AvgIpc) is 3.20. The quantitative estimate of drug-likeness (QED) is 0.851. The van der Waals surface area contributed by atoms with Crippen LogP contribution in [-0.4, -0.2) is 32.6 Å². The SMILES string of the molecule is Cc1ccc(C[NH+](C)CC(=O)Nc2ccc(N3CCCC3)cc2)o1. The highest BCUT2D eigenvalue weighted by Gasteiger charge is 2.14. The van der Waals surface area contributed by atoms with Crippen LogP contribution in [0, 0.1) is 6.92 Å². The lowest BCUT2D eigenvalue weighted by atomic mass is 10.2. The Balaban J connectivity index is 1.48. The summed E-state index contributed by atoms with van der Waals surface area (Å²) in [5.74, 6) is 1.83. The van der Waals surface area contributed by atoms with Crippen LogP contribution in [0.4, 0.5) is 11.4 Å². The van der Waals surface area contributed by atoms with Gasteiger partial charge in [-0.15, -0.1) is 0 Å². The topological polar surface area (TPSA) is 49.9 Å². The van der Waals surface area contributed by atoms with Crippen molar-refractivity contribution in [3.8, 4) is 0 Å². The van der Waals surface area contributed by atoms with Crippen molar-refractivity contribution in [2.24, 2.45) is 0 Å². The van der Waals surface area contributed by atoms with Crippen LogP contribution in [0.25, 0.3) is 0 Å². The highest BCUT2D eigenvalue weighted by atomic mass is 16.3. The van der Waals surface area contributed by atoms with Gasteiger partial charge in [-0.1, -0.05) is 0 Å². The van der Waals surface area contributed by atoms with Gasteiger partial charge >= 0.3 is 0 Å². The van der Waals surface area contributed by atoms with Crippen molar-refractivity contribution in [1.29, 1.82) is 0 Å². The largest absolute Gasteiger partial charge is 0.460 e. The number of anilines is 2. The van der Waals surface area contributed by atoms with Crippen LogP contribution in [0.5, 0.6) is 0 Å². The van der Waals surface area contributed by atoms with Gasteiger partial charge in [-0.2, -0.15) is 0 Å². The van der Waals surface area contributed by atoms with Crippen LogP contribution in [0.2, 0.25) is 0 Å². The zero-order valence-electron chi connectivity index (χ0n) is 14.5. The summed E-state index contributed by atoms with van der Waals surface area (Å²) in [5.41, 5.74) is 2.09. The molecule has 1 aromatic heterocycles. The number of hydrogen-bond donors (Lipinski definition) is 2. The average molecular weight is 328 g/mol. The van der Waals surface area contributed by atoms with Crippen LogP contribution >= 0.6 is 0 Å². The van der Waals surface area contributed by atoms with Crippen molar-refractivity contribution in [2.75, 3.05) is 36.9 Å². The molecule has 2 N–H and O–H groups in total. The zero-order chi connectivity index (χ0) is 16.9. The zero-order valence-corrected chi connectivity index (χ0v) is 14.5. The molecule has 1 saturated heterocycles. The molecule has 128 valence electrons. The van der Waals surface area contributed by atoms with Crippen LogP contribution in [0.3, 0.4) is 0 Å². The summed E-state index contributed by atoms with van der Waals surface area (Å²) in [6.45, 7) is 5.30. The highest BCUT2D eigenvalue weighted by molar-refractivity contribution is 5.91. The van der Waals surface area contributed by atoms with Gasteiger partial charge < -0.3 is 19.5 Å². The summed E-state index contributed by atoms with van der Waals surface area (Å²) >= 11 is 0. The number of quaternary nitrogens is 1. The smallest absolute Gasteiger partial charge is 0.279 e. The summed E-state index contributed by atoms with van der Waals surface area (Å²) < 4.78 is 5.56. The Morgan fingerprint density at radius 1 is 1.17 bits per heavy atom. The van der Waals surface area contributed by atoms with Gasteiger partial charge in [0.15, 0.2) is 12.3 Å². The number of likely N-dealkylation sites (N-methyl/N-ethyl adjacent to an activating group) is 1. The Morgan fingerprint density at radius 3 is 2.50 bits per heavy atom. The van der Waals surface area contributed by atoms with Gasteiger partial charge in [0.05, 0.1) is 7.05 Å². The van der Waals surface area contributed by atoms with Gasteiger partial charge in [-0.05, 0) is 56.2 Å². The molecule has 0 spiro atoms. The highest BCUT2D eigenvalue weighted by Crippen LogP contribution is 2.21. The summed E-state index contributed by atoms with van der Waals surface area (Å²) in [6, 6.07) is 12.1. The Bertz CT molecular complexity index is 672. The van der Waals surface area contributed by atoms with Gasteiger partial charge in [-0.3, -0.25) is 4.79 Å². The number of hydrogen-bond acceptors (Lipinski definition) is 3. The molecule has 0 aliphatic carbocycles. The van der Waals surface area contributed by atoms with Crippen LogP contribution in [0.15, 0.2) is 40.8 Å². The summed E-state index contributed by atoms with van der Waals surface area (Å²) in [4.78, 5) is 15.7. The Morgan fingerprint density at radius 2 is 1.88 bits per heavy atom. The molecule has 0 saturated carbocycles. The molecule has 1 fully saturated rings. The van der Waals surface area contributed by atoms with E-state index in [1.165, 1.54) is 18.5 Å². The molecule has 1 aromatic carbocycles. The van der Waals surface area contributed by atoms with Crippen LogP contribution in [-0.2, 0) is 11.3 Å². The first-order chi connectivity index (χ1) is 11.6. The van der Waals surface area contributed by atoms with E-state index in [2.05, 4.69) is 22.3 Å². The second-order valence-corrected chi connectivity index (χ2v) is 6.61. The lowest BCUT2D eigenvalue weighted by Crippen LogP contribution is -3.08. The third-order valence-electron chi connectivity index (χ3n) is 4.36. The molecule has 1 aliphatic rings. The van der Waals surface area contributed by atoms with Crippen molar-refractivity contribution >= 4 is 17.3 Å². The van der Waals surface area contributed by atoms with E-state index >= 15 is 0 Å². The molecule has 1 amide bonds. The molecule has 5 nitrogen and oxygen atoms in total. The van der Waals surface area contributed by atoms with Crippen molar-refractivity contribution in [3.63, 3.8) is 0 Å². The van der Waals surface area contributed by atoms with Crippen molar-refractivity contribution in [1.82, 2.24) is 0 Å². The van der Waals surface area contributed by atoms with E-state index in [-0.39, 0.29) is 5.91 Å². The lowest BCUT2D eigenvalue weighted by Gasteiger charge is -2.18. The van der Waals surface area contributed by atoms with E-state index < -0.39 is 0 Å². The van der Waals surface area contributed by atoms with Crippen LogP contribution < -0.4 is 15.1 Å². The maximum Gasteiger partial charge on any atom is 0.279 e. The molecule has 1 unspecified atom stereocenters. The molecule has 5 heteroatoms. The number of nitrogens with one attached hydrogen (secondary N) is 2. The molecular weight excluding hydrogens is 302 g/mol. The lowest BCUT2D eigenvalue weighted by molar-refractivity contribution is -0.886. The maximum absolute atomic E-state index is 12.2. The van der Waals surface area contributed by atoms with Crippen molar-refractivity contribution in [3.05, 3.63) is 47.9 Å². The number of benzene rings is 1. The third-order valence-corrected chi connectivity index (χ3v) is 4.36. The van der Waals surface area contributed by atoms with Crippen LogP contribution in [0.1, 0.15) is 24.4 Å². The van der Waals surface area contributed by atoms with Gasteiger partial charge in [0.2, 0.25) is 0 Å². The van der Waals surface area contributed by atoms with E-state index in [0.29, 0.717) is 13.1 Å². The number of amides is 1. The molecule has 0 radical (unpaired) electrons. The fourth-order valence-corrected chi connectivity index (χ4v) is 3.15. The maximum atomic E-state index is 12.2. The predicted octanol–water partition coefficient (Wildman–Crippen LogP) is 1.84. The molecular formula is C19H26N3O2+. The fraction of sp³-hybridized carbons (Fsp3) is 0.421. The first-order valence-electron chi connectivity index (χ1n) is 8.61. The van der Waals surface area contributed by atoms with E-state index in [1.807, 2.05) is 38.2 Å². The number of aryl methyl sites for hydroxylation is 1. The van der Waals surface area contributed by atoms with Gasteiger partial charge in [0, 0.05) is 24.5 Å². The second kappa shape index (κ2) is 7.53. The minimum absolute atomic E-state index is 0.0182. The summed E-state index contributed by atoms with van der Waals surface area (Å²) in [7, 11) is 1.99. The first kappa shape index (κ1) is 16.6. The minimum atomic E-state index is 0.0182. The van der Waals surface area contributed by atoms with Crippen molar-refractivity contribution < 1.29 is 14.1 Å².